The average Bonchev–Trinajstić information content (AvgIpc) is 3.08. The zero-order valence-electron chi connectivity index (χ0n) is 14.7. The molecule has 0 saturated carbocycles. The maximum absolute atomic E-state index is 12.5. The van der Waals surface area contributed by atoms with Gasteiger partial charge in [-0.05, 0) is 48.1 Å². The number of ether oxygens (including phenoxy) is 2. The largest absolute Gasteiger partial charge is 0.493 e. The minimum Gasteiger partial charge on any atom is -0.493 e. The number of aryl methyl sites for hydroxylation is 2. The van der Waals surface area contributed by atoms with Crippen LogP contribution in [0, 0.1) is 0 Å². The number of hydrogen-bond donors (Lipinski definition) is 1. The van der Waals surface area contributed by atoms with E-state index in [2.05, 4.69) is 4.72 Å². The molecule has 2 aromatic carbocycles. The zero-order valence-corrected chi connectivity index (χ0v) is 15.6. The summed E-state index contributed by atoms with van der Waals surface area (Å²) >= 11 is 0. The van der Waals surface area contributed by atoms with Gasteiger partial charge in [0, 0.05) is 6.07 Å². The summed E-state index contributed by atoms with van der Waals surface area (Å²) in [7, 11) is -1.10. The van der Waals surface area contributed by atoms with Crippen LogP contribution in [0.25, 0.3) is 0 Å². The van der Waals surface area contributed by atoms with E-state index >= 15 is 0 Å². The number of benzene rings is 2. The number of fused-ring (bicyclic) bond motifs is 1. The van der Waals surface area contributed by atoms with Gasteiger partial charge in [0.15, 0.2) is 11.5 Å². The molecule has 0 aromatic heterocycles. The SMILES string of the molecule is COc1ccc(S(=O)(=O)NC(=O)Cc2ccc3c(c2)CCC3)cc1OC. The quantitative estimate of drug-likeness (QED) is 0.837. The van der Waals surface area contributed by atoms with Gasteiger partial charge in [-0.25, -0.2) is 13.1 Å². The number of sulfonamides is 1. The first-order chi connectivity index (χ1) is 12.4. The molecular weight excluding hydrogens is 354 g/mol. The predicted octanol–water partition coefficient (Wildman–Crippen LogP) is 2.24. The van der Waals surface area contributed by atoms with Crippen LogP contribution in [0.15, 0.2) is 41.3 Å². The lowest BCUT2D eigenvalue weighted by Crippen LogP contribution is -2.31. The number of rotatable bonds is 6. The summed E-state index contributed by atoms with van der Waals surface area (Å²) in [6.45, 7) is 0. The molecule has 0 atom stereocenters. The molecule has 0 spiro atoms. The van der Waals surface area contributed by atoms with Crippen molar-refractivity contribution in [3.05, 3.63) is 53.1 Å². The third-order valence-corrected chi connectivity index (χ3v) is 5.81. The third-order valence-electron chi connectivity index (χ3n) is 4.44. The fraction of sp³-hybridized carbons (Fsp3) is 0.316. The van der Waals surface area contributed by atoms with E-state index in [1.165, 1.54) is 43.5 Å². The molecule has 1 aliphatic carbocycles. The van der Waals surface area contributed by atoms with Crippen molar-refractivity contribution in [2.45, 2.75) is 30.6 Å². The van der Waals surface area contributed by atoms with Crippen molar-refractivity contribution in [1.29, 1.82) is 0 Å². The Balaban J connectivity index is 1.73. The Hall–Kier alpha value is -2.54. The first kappa shape index (κ1) is 18.3. The molecule has 0 bridgehead atoms. The molecule has 0 unspecified atom stereocenters. The molecule has 1 N–H and O–H groups in total. The lowest BCUT2D eigenvalue weighted by atomic mass is 10.0. The lowest BCUT2D eigenvalue weighted by Gasteiger charge is -2.11. The van der Waals surface area contributed by atoms with Gasteiger partial charge in [0.1, 0.15) is 0 Å². The molecule has 7 heteroatoms. The maximum Gasteiger partial charge on any atom is 0.264 e. The van der Waals surface area contributed by atoms with Gasteiger partial charge in [0.2, 0.25) is 5.91 Å². The van der Waals surface area contributed by atoms with Crippen LogP contribution in [-0.4, -0.2) is 28.5 Å². The summed E-state index contributed by atoms with van der Waals surface area (Å²) in [4.78, 5) is 12.2. The molecule has 0 heterocycles. The molecule has 1 amide bonds. The Kier molecular flexibility index (Phi) is 5.18. The van der Waals surface area contributed by atoms with Gasteiger partial charge in [-0.15, -0.1) is 0 Å². The Morgan fingerprint density at radius 3 is 2.46 bits per heavy atom. The molecule has 1 aliphatic rings. The molecular formula is C19H21NO5S. The van der Waals surface area contributed by atoms with Crippen molar-refractivity contribution in [2.24, 2.45) is 0 Å². The van der Waals surface area contributed by atoms with Crippen LogP contribution in [0.5, 0.6) is 11.5 Å². The number of carbonyl (C=O) groups excluding carboxylic acids is 1. The summed E-state index contributed by atoms with van der Waals surface area (Å²) in [5.74, 6) is 0.120. The summed E-state index contributed by atoms with van der Waals surface area (Å²) < 4.78 is 37.2. The van der Waals surface area contributed by atoms with Crippen LogP contribution in [0.3, 0.4) is 0 Å². The molecule has 0 aliphatic heterocycles. The second kappa shape index (κ2) is 7.37. The standard InChI is InChI=1S/C19H21NO5S/c1-24-17-9-8-16(12-18(17)25-2)26(22,23)20-19(21)11-13-6-7-14-4-3-5-15(14)10-13/h6-10,12H,3-5,11H2,1-2H3,(H,20,21). The first-order valence-corrected chi connectivity index (χ1v) is 9.79. The van der Waals surface area contributed by atoms with Gasteiger partial charge < -0.3 is 9.47 Å². The van der Waals surface area contributed by atoms with Gasteiger partial charge in [-0.3, -0.25) is 4.79 Å². The van der Waals surface area contributed by atoms with E-state index in [-0.39, 0.29) is 17.1 Å². The molecule has 3 rings (SSSR count). The van der Waals surface area contributed by atoms with E-state index < -0.39 is 15.9 Å². The van der Waals surface area contributed by atoms with Gasteiger partial charge in [0.05, 0.1) is 25.5 Å². The van der Waals surface area contributed by atoms with Crippen molar-refractivity contribution in [1.82, 2.24) is 4.72 Å². The Labute approximate surface area is 153 Å². The van der Waals surface area contributed by atoms with E-state index in [0.717, 1.165) is 24.8 Å². The highest BCUT2D eigenvalue weighted by molar-refractivity contribution is 7.90. The van der Waals surface area contributed by atoms with Crippen LogP contribution >= 0.6 is 0 Å². The van der Waals surface area contributed by atoms with E-state index in [4.69, 9.17) is 9.47 Å². The minimum atomic E-state index is -3.98. The predicted molar refractivity (Wildman–Crippen MR) is 97.0 cm³/mol. The van der Waals surface area contributed by atoms with Crippen molar-refractivity contribution >= 4 is 15.9 Å². The lowest BCUT2D eigenvalue weighted by molar-refractivity contribution is -0.118. The monoisotopic (exact) mass is 375 g/mol. The van der Waals surface area contributed by atoms with Crippen molar-refractivity contribution in [2.75, 3.05) is 14.2 Å². The van der Waals surface area contributed by atoms with Crippen molar-refractivity contribution < 1.29 is 22.7 Å². The number of hydrogen-bond acceptors (Lipinski definition) is 5. The molecule has 138 valence electrons. The van der Waals surface area contributed by atoms with Crippen LogP contribution in [0.2, 0.25) is 0 Å². The van der Waals surface area contributed by atoms with Gasteiger partial charge >= 0.3 is 0 Å². The molecule has 26 heavy (non-hydrogen) atoms. The average molecular weight is 375 g/mol. The molecule has 2 aromatic rings. The van der Waals surface area contributed by atoms with Gasteiger partial charge in [-0.2, -0.15) is 0 Å². The van der Waals surface area contributed by atoms with E-state index in [0.29, 0.717) is 5.75 Å². The van der Waals surface area contributed by atoms with E-state index in [9.17, 15) is 13.2 Å². The van der Waals surface area contributed by atoms with Crippen molar-refractivity contribution in [3.63, 3.8) is 0 Å². The van der Waals surface area contributed by atoms with Crippen LogP contribution < -0.4 is 14.2 Å². The van der Waals surface area contributed by atoms with Crippen LogP contribution in [0.4, 0.5) is 0 Å². The summed E-state index contributed by atoms with van der Waals surface area (Å²) in [6, 6.07) is 10.1. The Bertz CT molecular complexity index is 937. The van der Waals surface area contributed by atoms with E-state index in [1.54, 1.807) is 0 Å². The minimum absolute atomic E-state index is 0.0137. The first-order valence-electron chi connectivity index (χ1n) is 8.31. The van der Waals surface area contributed by atoms with Crippen LogP contribution in [0.1, 0.15) is 23.1 Å². The summed E-state index contributed by atoms with van der Waals surface area (Å²) in [5.41, 5.74) is 3.37. The van der Waals surface area contributed by atoms with Crippen LogP contribution in [-0.2, 0) is 34.1 Å². The van der Waals surface area contributed by atoms with E-state index in [1.807, 2.05) is 18.2 Å². The second-order valence-corrected chi connectivity index (χ2v) is 7.86. The Morgan fingerprint density at radius 2 is 1.73 bits per heavy atom. The second-order valence-electron chi connectivity index (χ2n) is 6.18. The smallest absolute Gasteiger partial charge is 0.264 e. The molecule has 6 nitrogen and oxygen atoms in total. The third kappa shape index (κ3) is 3.83. The zero-order chi connectivity index (χ0) is 18.7. The molecule has 0 saturated heterocycles. The normalized spacial score (nSPS) is 13.2. The fourth-order valence-electron chi connectivity index (χ4n) is 3.15. The number of methoxy groups -OCH3 is 2. The highest BCUT2D eigenvalue weighted by Crippen LogP contribution is 2.29. The highest BCUT2D eigenvalue weighted by Gasteiger charge is 2.20. The maximum atomic E-state index is 12.5. The summed E-state index contributed by atoms with van der Waals surface area (Å²) in [5, 5.41) is 0. The number of carbonyl (C=O) groups is 1. The van der Waals surface area contributed by atoms with Gasteiger partial charge in [-0.1, -0.05) is 18.2 Å². The molecule has 0 radical (unpaired) electrons. The van der Waals surface area contributed by atoms with Crippen molar-refractivity contribution in [3.8, 4) is 11.5 Å². The fourth-order valence-corrected chi connectivity index (χ4v) is 4.15. The molecule has 0 fully saturated rings. The number of nitrogens with one attached hydrogen (secondary N) is 1. The Morgan fingerprint density at radius 1 is 1.00 bits per heavy atom. The van der Waals surface area contributed by atoms with Gasteiger partial charge in [0.25, 0.3) is 10.0 Å². The summed E-state index contributed by atoms with van der Waals surface area (Å²) in [6.07, 6.45) is 3.21. The number of amides is 1. The topological polar surface area (TPSA) is 81.7 Å². The highest BCUT2D eigenvalue weighted by atomic mass is 32.2.